The van der Waals surface area contributed by atoms with Crippen LogP contribution in [0, 0.1) is 11.8 Å². The van der Waals surface area contributed by atoms with Crippen LogP contribution in [0.1, 0.15) is 65.6 Å². The third kappa shape index (κ3) is 13.4. The van der Waals surface area contributed by atoms with E-state index in [2.05, 4.69) is 475 Å². The average Bonchev–Trinajstić information content (AvgIpc) is 1.53. The minimum Gasteiger partial charge on any atom is -0.356 e. The molecule has 0 heterocycles. The highest BCUT2D eigenvalue weighted by atomic mass is 79.9. The topological polar surface area (TPSA) is 15.3 Å². The second-order valence-electron chi connectivity index (χ2n) is 32.8. The maximum Gasteiger partial charge on any atom is 0.0714 e. The highest BCUT2D eigenvalue weighted by Crippen LogP contribution is 2.66. The Labute approximate surface area is 732 Å². The van der Waals surface area contributed by atoms with E-state index in [1.165, 1.54) is 159 Å². The van der Waals surface area contributed by atoms with Crippen LogP contribution in [-0.4, -0.2) is 8.41 Å². The van der Waals surface area contributed by atoms with E-state index in [9.17, 15) is 0 Å². The molecule has 4 heteroatoms. The largest absolute Gasteiger partial charge is 0.356 e. The summed E-state index contributed by atoms with van der Waals surface area (Å²) in [6.07, 6.45) is 32.2. The van der Waals surface area contributed by atoms with Gasteiger partial charge in [0, 0.05) is 53.2 Å². The fourth-order valence-electron chi connectivity index (χ4n) is 21.1. The van der Waals surface area contributed by atoms with Gasteiger partial charge in [0.1, 0.15) is 0 Å². The van der Waals surface area contributed by atoms with E-state index in [0.717, 1.165) is 54.1 Å². The second kappa shape index (κ2) is 32.8. The van der Waals surface area contributed by atoms with Crippen molar-refractivity contribution in [3.8, 4) is 44.5 Å². The van der Waals surface area contributed by atoms with Crippen LogP contribution in [0.3, 0.4) is 0 Å². The Bertz CT molecular complexity index is 7030. The van der Waals surface area contributed by atoms with Crippen molar-refractivity contribution in [2.24, 2.45) is 11.8 Å². The van der Waals surface area contributed by atoms with E-state index in [4.69, 9.17) is 0 Å². The van der Waals surface area contributed by atoms with Crippen LogP contribution in [0.25, 0.3) is 104 Å². The van der Waals surface area contributed by atoms with Crippen molar-refractivity contribution in [1.82, 2.24) is 0 Å². The number of allylic oxidation sites excluding steroid dienone is 17. The van der Waals surface area contributed by atoms with Crippen molar-refractivity contribution in [3.63, 3.8) is 0 Å². The first-order chi connectivity index (χ1) is 59.9. The molecule has 1 N–H and O–H groups in total. The molecule has 2 atom stereocenters. The van der Waals surface area contributed by atoms with Crippen LogP contribution in [0.4, 0.5) is 28.4 Å². The monoisotopic (exact) mass is 1640 g/mol. The Hall–Kier alpha value is -14.2. The van der Waals surface area contributed by atoms with Gasteiger partial charge in [-0.1, -0.05) is 411 Å². The lowest BCUT2D eigenvalue weighted by Crippen LogP contribution is -2.32. The van der Waals surface area contributed by atoms with E-state index in [1.807, 2.05) is 0 Å². The zero-order valence-electron chi connectivity index (χ0n) is 67.6. The summed E-state index contributed by atoms with van der Waals surface area (Å²) in [7, 11) is 0. The number of fused-ring (bicyclic) bond motifs is 4. The van der Waals surface area contributed by atoms with Gasteiger partial charge in [0.25, 0.3) is 0 Å². The van der Waals surface area contributed by atoms with Gasteiger partial charge < -0.3 is 10.2 Å². The number of anilines is 5. The van der Waals surface area contributed by atoms with Crippen LogP contribution in [0.2, 0.25) is 0 Å². The summed E-state index contributed by atoms with van der Waals surface area (Å²) in [5, 5.41) is 16.4. The molecule has 17 aromatic rings. The number of nitrogens with one attached hydrogen (secondary N) is 1. The number of rotatable bonds is 13. The number of benzene rings is 17. The Kier molecular flexibility index (Phi) is 20.6. The number of hydrogen-bond acceptors (Lipinski definition) is 2. The maximum atomic E-state index is 3.78. The summed E-state index contributed by atoms with van der Waals surface area (Å²) in [6, 6.07) is 138. The van der Waals surface area contributed by atoms with E-state index < -0.39 is 5.41 Å². The molecule has 0 aliphatic heterocycles. The molecule has 0 bridgehead atoms. The summed E-state index contributed by atoms with van der Waals surface area (Å²) < 4.78 is 1.21. The summed E-state index contributed by atoms with van der Waals surface area (Å²) in [6.45, 7) is 0. The molecule has 0 saturated heterocycles. The van der Waals surface area contributed by atoms with Crippen molar-refractivity contribution in [3.05, 3.63) is 514 Å². The second-order valence-corrected chi connectivity index (χ2v) is 33.7. The zero-order chi connectivity index (χ0) is 80.4. The van der Waals surface area contributed by atoms with Crippen LogP contribution < -0.4 is 10.2 Å². The van der Waals surface area contributed by atoms with Crippen LogP contribution >= 0.6 is 15.9 Å². The fourth-order valence-corrected chi connectivity index (χ4v) is 21.6. The molecule has 0 amide bonds. The third-order valence-corrected chi connectivity index (χ3v) is 26.9. The van der Waals surface area contributed by atoms with Gasteiger partial charge in [0.2, 0.25) is 0 Å². The molecule has 24 rings (SSSR count). The highest BCUT2D eigenvalue weighted by molar-refractivity contribution is 9.11. The quantitative estimate of drug-likeness (QED) is 0.0914. The standard InChI is InChI=1S/C59H41N.C32H23N.C27H21Br.CH4.B/c1-2-19-46(20-3-1)59(55-27-10-17-44-29-30-45-18-11-28-56(59)58(45)57(44)55)47-21-12-22-50(39-47)60(48-35-31-42(32-36-48)53-25-8-15-40-13-4-6-23-51(40)53)49-37-33-43(34-38-49)54-26-9-16-41-14-5-7-24-52(41)54;1-3-11-29-23(7-1)9-5-13-31(29)25-15-19-27(20-16-25)33-28-21-17-26(18-22-28)32-14-6-10-24-8-2-4-12-30(24)32;28-22-12-6-11-21(17-22)27(20-9-2-1-3-10-20)23-13-4-7-18-15-16-19-8-5-14-24(27)26(19)25(18)23;;/h1-6,8-23,25-39H,7,24H2;1-22,33H;1-5,7-10,12-17,25-26H,6,11H2;1H4;. The predicted molar refractivity (Wildman–Crippen MR) is 528 cm³/mol. The molecule has 3 radical (unpaired) electrons. The molecular weight excluding hydrogens is 1550 g/mol. The molecule has 7 aliphatic carbocycles. The first-order valence-electron chi connectivity index (χ1n) is 42.5. The number of halogens is 1. The normalized spacial score (nSPS) is 16.9. The molecule has 7 aliphatic rings. The minimum absolute atomic E-state index is 0. The van der Waals surface area contributed by atoms with Crippen LogP contribution in [0.15, 0.2) is 475 Å². The van der Waals surface area contributed by atoms with Gasteiger partial charge in [-0.15, -0.1) is 0 Å². The summed E-state index contributed by atoms with van der Waals surface area (Å²) in [5.41, 5.74) is 31.7. The van der Waals surface area contributed by atoms with E-state index in [0.29, 0.717) is 11.8 Å². The van der Waals surface area contributed by atoms with Crippen LogP contribution in [0.5, 0.6) is 0 Å². The summed E-state index contributed by atoms with van der Waals surface area (Å²) in [4.78, 5) is 2.44. The Balaban J connectivity index is 0.000000128. The first-order valence-corrected chi connectivity index (χ1v) is 43.3. The van der Waals surface area contributed by atoms with Crippen molar-refractivity contribution in [2.75, 3.05) is 10.2 Å². The van der Waals surface area contributed by atoms with Gasteiger partial charge >= 0.3 is 0 Å². The van der Waals surface area contributed by atoms with Gasteiger partial charge in [-0.25, -0.2) is 0 Å². The van der Waals surface area contributed by atoms with E-state index in [-0.39, 0.29) is 21.3 Å². The summed E-state index contributed by atoms with van der Waals surface area (Å²) in [5.74, 6) is 0.902. The van der Waals surface area contributed by atoms with Gasteiger partial charge in [-0.05, 0) is 252 Å². The third-order valence-electron chi connectivity index (χ3n) is 26.4. The van der Waals surface area contributed by atoms with E-state index in [1.54, 1.807) is 11.1 Å². The van der Waals surface area contributed by atoms with Crippen LogP contribution in [-0.2, 0) is 17.3 Å². The number of nitrogens with zero attached hydrogens (tertiary/aromatic N) is 1. The molecule has 1 saturated carbocycles. The molecule has 123 heavy (non-hydrogen) atoms. The maximum absolute atomic E-state index is 3.78. The van der Waals surface area contributed by atoms with Gasteiger partial charge in [-0.3, -0.25) is 0 Å². The Morgan fingerprint density at radius 2 is 0.748 bits per heavy atom. The molecular formula is C119H89BBrN2. The van der Waals surface area contributed by atoms with E-state index >= 15 is 0 Å². The lowest BCUT2D eigenvalue weighted by molar-refractivity contribution is 0.615. The average molecular weight is 1640 g/mol. The molecule has 0 spiro atoms. The highest BCUT2D eigenvalue weighted by Gasteiger charge is 2.58. The molecule has 17 aromatic carbocycles. The molecule has 1 fully saturated rings. The van der Waals surface area contributed by atoms with Crippen molar-refractivity contribution >= 4 is 113 Å². The first kappa shape index (κ1) is 77.5. The number of hydrogen-bond donors (Lipinski definition) is 1. The Morgan fingerprint density at radius 3 is 1.25 bits per heavy atom. The molecule has 0 aromatic heterocycles. The van der Waals surface area contributed by atoms with Gasteiger partial charge in [0.15, 0.2) is 0 Å². The SMILES string of the molecule is BrC1=CCCC(C2(c3ccccc3)C3=CC=CC4=CC=C5C=CC=C2C5C43)=C1.C.C1=Cc2cccc(-c3ccc(N(c4ccc(-c5cccc6ccccc56)cc4)c4cccc(C5(c6ccccc6)c6cccc7ccc8cccc5c8c67)c4)cc3)c2CC1.[B].c1ccc2c(-c3ccc(Nc4ccc(-c5cccc6ccccc56)cc4)cc3)cccc2c1. The fraction of sp³-hybridized carbons (Fsp3) is 0.0756. The molecule has 585 valence electrons. The van der Waals surface area contributed by atoms with Gasteiger partial charge in [-0.2, -0.15) is 0 Å². The smallest absolute Gasteiger partial charge is 0.0714 e. The van der Waals surface area contributed by atoms with Crippen molar-refractivity contribution < 1.29 is 0 Å². The zero-order valence-corrected chi connectivity index (χ0v) is 69.2. The van der Waals surface area contributed by atoms with Crippen molar-refractivity contribution in [2.45, 2.75) is 43.9 Å². The lowest BCUT2D eigenvalue weighted by Gasteiger charge is -2.39. The molecule has 2 nitrogen and oxygen atoms in total. The molecule has 2 unspecified atom stereocenters. The summed E-state index contributed by atoms with van der Waals surface area (Å²) >= 11 is 3.78. The predicted octanol–water partition coefficient (Wildman–Crippen LogP) is 32.0. The van der Waals surface area contributed by atoms with Crippen molar-refractivity contribution in [1.29, 1.82) is 0 Å². The lowest BCUT2D eigenvalue weighted by atomic mass is 9.63. The minimum atomic E-state index is -0.505. The van der Waals surface area contributed by atoms with Gasteiger partial charge in [0.05, 0.1) is 10.8 Å². The Morgan fingerprint density at radius 1 is 0.333 bits per heavy atom.